The van der Waals surface area contributed by atoms with Crippen molar-refractivity contribution in [3.05, 3.63) is 24.3 Å². The van der Waals surface area contributed by atoms with Gasteiger partial charge < -0.3 is 11.1 Å². The number of nitrogens with zero attached hydrogens (tertiary/aromatic N) is 2. The Hall–Kier alpha value is -1.25. The van der Waals surface area contributed by atoms with Crippen molar-refractivity contribution in [3.8, 4) is 0 Å². The molecule has 1 aliphatic heterocycles. The first-order valence-corrected chi connectivity index (χ1v) is 9.51. The lowest BCUT2D eigenvalue weighted by Crippen LogP contribution is -2.54. The Morgan fingerprint density at radius 1 is 1.39 bits per heavy atom. The molecule has 1 aliphatic rings. The van der Waals surface area contributed by atoms with E-state index in [2.05, 4.69) is 19.4 Å². The van der Waals surface area contributed by atoms with Crippen molar-refractivity contribution in [2.24, 2.45) is 5.73 Å². The van der Waals surface area contributed by atoms with Crippen LogP contribution in [0.5, 0.6) is 0 Å². The zero-order valence-corrected chi connectivity index (χ0v) is 14.9. The minimum atomic E-state index is -3.35. The van der Waals surface area contributed by atoms with E-state index >= 15 is 0 Å². The molecule has 2 atom stereocenters. The molecule has 0 aliphatic carbocycles. The van der Waals surface area contributed by atoms with Gasteiger partial charge in [-0.15, -0.1) is 0 Å². The Morgan fingerprint density at radius 2 is 2.09 bits per heavy atom. The van der Waals surface area contributed by atoms with Crippen LogP contribution < -0.4 is 15.8 Å². The molecule has 1 saturated heterocycles. The summed E-state index contributed by atoms with van der Waals surface area (Å²) in [4.78, 5) is 14.1. The van der Waals surface area contributed by atoms with Crippen molar-refractivity contribution in [1.29, 1.82) is 0 Å². The van der Waals surface area contributed by atoms with Crippen molar-refractivity contribution in [3.63, 3.8) is 0 Å². The molecule has 0 aromatic heterocycles. The fraction of sp³-hybridized carbons (Fsp3) is 0.462. The largest absolute Gasteiger partial charge is 0.325 e. The summed E-state index contributed by atoms with van der Waals surface area (Å²) in [5.41, 5.74) is 6.89. The van der Waals surface area contributed by atoms with Crippen LogP contribution in [0.25, 0.3) is 0 Å². The molecule has 10 heteroatoms. The molecule has 1 heterocycles. The number of sulfonamides is 1. The van der Waals surface area contributed by atoms with Crippen molar-refractivity contribution in [2.45, 2.75) is 6.17 Å². The molecule has 1 amide bonds. The number of anilines is 2. The molecule has 2 rings (SSSR count). The smallest absolute Gasteiger partial charge is 0.238 e. The summed E-state index contributed by atoms with van der Waals surface area (Å²) in [5.74, 6) is -0.161. The van der Waals surface area contributed by atoms with Crippen LogP contribution in [0.15, 0.2) is 24.3 Å². The van der Waals surface area contributed by atoms with Crippen LogP contribution >= 0.6 is 9.39 Å². The van der Waals surface area contributed by atoms with E-state index in [0.717, 1.165) is 19.3 Å². The van der Waals surface area contributed by atoms with Gasteiger partial charge in [-0.1, -0.05) is 15.5 Å². The summed E-state index contributed by atoms with van der Waals surface area (Å²) in [6.07, 6.45) is 0.969. The van der Waals surface area contributed by atoms with Gasteiger partial charge in [-0.05, 0) is 18.2 Å². The fourth-order valence-electron chi connectivity index (χ4n) is 2.31. The number of carbonyl (C=O) groups is 1. The third-order valence-electron chi connectivity index (χ3n) is 3.36. The van der Waals surface area contributed by atoms with E-state index in [0.29, 0.717) is 17.9 Å². The predicted molar refractivity (Wildman–Crippen MR) is 94.4 cm³/mol. The van der Waals surface area contributed by atoms with Crippen molar-refractivity contribution < 1.29 is 13.2 Å². The Bertz CT molecular complexity index is 669. The summed E-state index contributed by atoms with van der Waals surface area (Å²) in [7, 11) is -0.766. The molecular formula is C13H22N5O3PS. The number of nitrogens with one attached hydrogen (secondary N) is 2. The quantitative estimate of drug-likeness (QED) is 0.623. The first-order valence-electron chi connectivity index (χ1n) is 7.10. The Kier molecular flexibility index (Phi) is 5.94. The Morgan fingerprint density at radius 3 is 2.74 bits per heavy atom. The average molecular weight is 359 g/mol. The lowest BCUT2D eigenvalue weighted by molar-refractivity contribution is -0.117. The molecule has 0 bridgehead atoms. The molecule has 4 N–H and O–H groups in total. The van der Waals surface area contributed by atoms with Crippen LogP contribution in [0.1, 0.15) is 0 Å². The van der Waals surface area contributed by atoms with E-state index in [1.807, 2.05) is 9.57 Å². The summed E-state index contributed by atoms with van der Waals surface area (Å²) in [6, 6.07) is 6.57. The van der Waals surface area contributed by atoms with Gasteiger partial charge in [0.25, 0.3) is 0 Å². The summed E-state index contributed by atoms with van der Waals surface area (Å²) in [6.45, 7) is 2.41. The Labute approximate surface area is 138 Å². The van der Waals surface area contributed by atoms with Gasteiger partial charge >= 0.3 is 0 Å². The molecule has 23 heavy (non-hydrogen) atoms. The second kappa shape index (κ2) is 7.55. The van der Waals surface area contributed by atoms with E-state index < -0.39 is 10.0 Å². The molecule has 2 unspecified atom stereocenters. The maximum Gasteiger partial charge on any atom is 0.238 e. The normalized spacial score (nSPS) is 20.2. The SMILES string of the molecule is CS(=O)(=O)Nc1cccc(NC(=O)CN2CCN(P)C(N)C2)c1. The van der Waals surface area contributed by atoms with Gasteiger partial charge in [0.2, 0.25) is 15.9 Å². The van der Waals surface area contributed by atoms with Crippen LogP contribution in [0.2, 0.25) is 0 Å². The topological polar surface area (TPSA) is 108 Å². The highest BCUT2D eigenvalue weighted by Crippen LogP contribution is 2.16. The van der Waals surface area contributed by atoms with Crippen molar-refractivity contribution >= 4 is 36.7 Å². The first-order chi connectivity index (χ1) is 10.7. The molecule has 128 valence electrons. The zero-order valence-electron chi connectivity index (χ0n) is 12.9. The zero-order chi connectivity index (χ0) is 17.0. The number of rotatable bonds is 5. The monoisotopic (exact) mass is 359 g/mol. The van der Waals surface area contributed by atoms with E-state index in [1.165, 1.54) is 0 Å². The second-order valence-corrected chi connectivity index (χ2v) is 7.96. The summed E-state index contributed by atoms with van der Waals surface area (Å²) < 4.78 is 26.8. The van der Waals surface area contributed by atoms with Gasteiger partial charge in [0.05, 0.1) is 24.7 Å². The highest BCUT2D eigenvalue weighted by Gasteiger charge is 2.22. The fourth-order valence-corrected chi connectivity index (χ4v) is 3.07. The van der Waals surface area contributed by atoms with E-state index in [9.17, 15) is 13.2 Å². The van der Waals surface area contributed by atoms with Crippen LogP contribution in [-0.2, 0) is 14.8 Å². The molecule has 8 nitrogen and oxygen atoms in total. The number of piperazine rings is 1. The van der Waals surface area contributed by atoms with E-state index in [-0.39, 0.29) is 18.6 Å². The minimum absolute atomic E-state index is 0.108. The lowest BCUT2D eigenvalue weighted by atomic mass is 10.2. The number of carbonyl (C=O) groups excluding carboxylic acids is 1. The average Bonchev–Trinajstić information content (AvgIpc) is 2.41. The Balaban J connectivity index is 1.91. The number of nitrogens with two attached hydrogens (primary N) is 1. The minimum Gasteiger partial charge on any atom is -0.325 e. The summed E-state index contributed by atoms with van der Waals surface area (Å²) >= 11 is 0. The van der Waals surface area contributed by atoms with Crippen LogP contribution in [0, 0.1) is 0 Å². The molecule has 0 spiro atoms. The van der Waals surface area contributed by atoms with Crippen LogP contribution in [-0.4, -0.2) is 62.5 Å². The standard InChI is InChI=1S/C13H22N5O3PS/c1-23(20,21)16-11-4-2-3-10(7-11)15-13(19)9-17-5-6-18(22)12(14)8-17/h2-4,7,12,16H,5-6,8-9,14,22H2,1H3,(H,15,19). The molecule has 0 radical (unpaired) electrons. The van der Waals surface area contributed by atoms with Gasteiger partial charge in [-0.2, -0.15) is 0 Å². The number of benzene rings is 1. The number of hydrogen-bond acceptors (Lipinski definition) is 6. The van der Waals surface area contributed by atoms with Crippen LogP contribution in [0.3, 0.4) is 0 Å². The second-order valence-electron chi connectivity index (χ2n) is 5.54. The molecular weight excluding hydrogens is 337 g/mol. The van der Waals surface area contributed by atoms with Gasteiger partial charge in [0.1, 0.15) is 0 Å². The molecule has 1 fully saturated rings. The summed E-state index contributed by atoms with van der Waals surface area (Å²) in [5, 5.41) is 2.77. The van der Waals surface area contributed by atoms with Gasteiger partial charge in [-0.3, -0.25) is 19.1 Å². The van der Waals surface area contributed by atoms with Crippen molar-refractivity contribution in [1.82, 2.24) is 9.57 Å². The first kappa shape index (κ1) is 18.1. The number of hydrogen-bond donors (Lipinski definition) is 3. The third-order valence-corrected chi connectivity index (χ3v) is 4.61. The maximum atomic E-state index is 12.1. The highest BCUT2D eigenvalue weighted by molar-refractivity contribution is 7.92. The van der Waals surface area contributed by atoms with Crippen molar-refractivity contribution in [2.75, 3.05) is 42.5 Å². The van der Waals surface area contributed by atoms with Crippen LogP contribution in [0.4, 0.5) is 11.4 Å². The molecule has 1 aromatic rings. The molecule has 1 aromatic carbocycles. The number of amides is 1. The van der Waals surface area contributed by atoms with E-state index in [4.69, 9.17) is 5.73 Å². The van der Waals surface area contributed by atoms with Gasteiger partial charge in [-0.25, -0.2) is 8.42 Å². The lowest BCUT2D eigenvalue weighted by Gasteiger charge is -2.36. The van der Waals surface area contributed by atoms with Gasteiger partial charge in [0.15, 0.2) is 0 Å². The maximum absolute atomic E-state index is 12.1. The molecule has 0 saturated carbocycles. The predicted octanol–water partition coefficient (Wildman–Crippen LogP) is -0.311. The third kappa shape index (κ3) is 6.04. The van der Waals surface area contributed by atoms with Gasteiger partial charge in [0, 0.05) is 25.3 Å². The van der Waals surface area contributed by atoms with E-state index in [1.54, 1.807) is 24.3 Å². The highest BCUT2D eigenvalue weighted by atomic mass is 32.2.